The molecule has 30 heavy (non-hydrogen) atoms. The van der Waals surface area contributed by atoms with Crippen molar-refractivity contribution in [2.45, 2.75) is 24.3 Å². The zero-order valence-electron chi connectivity index (χ0n) is 17.0. The Kier molecular flexibility index (Phi) is 4.95. The quantitative estimate of drug-likeness (QED) is 0.666. The van der Waals surface area contributed by atoms with Crippen molar-refractivity contribution in [3.63, 3.8) is 0 Å². The zero-order valence-corrected chi connectivity index (χ0v) is 17.8. The van der Waals surface area contributed by atoms with Gasteiger partial charge in [-0.05, 0) is 30.5 Å². The van der Waals surface area contributed by atoms with E-state index < -0.39 is 22.1 Å². The molecule has 1 aromatic heterocycles. The van der Waals surface area contributed by atoms with Gasteiger partial charge in [-0.25, -0.2) is 8.42 Å². The van der Waals surface area contributed by atoms with Gasteiger partial charge < -0.3 is 19.9 Å². The van der Waals surface area contributed by atoms with Crippen molar-refractivity contribution >= 4 is 27.2 Å². The lowest BCUT2D eigenvalue weighted by Gasteiger charge is -2.37. The molecule has 2 aliphatic heterocycles. The number of fused-ring (bicyclic) bond motifs is 2. The summed E-state index contributed by atoms with van der Waals surface area (Å²) < 4.78 is 25.3. The van der Waals surface area contributed by atoms with Crippen LogP contribution in [0.3, 0.4) is 0 Å². The van der Waals surface area contributed by atoms with Crippen LogP contribution >= 0.6 is 0 Å². The van der Waals surface area contributed by atoms with E-state index in [0.29, 0.717) is 0 Å². The Morgan fingerprint density at radius 2 is 2.10 bits per heavy atom. The third-order valence-corrected chi connectivity index (χ3v) is 6.35. The van der Waals surface area contributed by atoms with Crippen molar-refractivity contribution in [2.24, 2.45) is 7.05 Å². The summed E-state index contributed by atoms with van der Waals surface area (Å²) in [4.78, 5) is 19.3. The van der Waals surface area contributed by atoms with Crippen molar-refractivity contribution in [2.75, 3.05) is 36.6 Å². The van der Waals surface area contributed by atoms with Gasteiger partial charge in [-0.1, -0.05) is 17.9 Å². The van der Waals surface area contributed by atoms with Crippen molar-refractivity contribution < 1.29 is 18.3 Å². The first-order chi connectivity index (χ1) is 14.2. The summed E-state index contributed by atoms with van der Waals surface area (Å²) in [7, 11) is -0.741. The number of carbonyl (C=O) groups is 1. The highest BCUT2D eigenvalue weighted by atomic mass is 32.2. The van der Waals surface area contributed by atoms with E-state index in [2.05, 4.69) is 28.2 Å². The van der Waals surface area contributed by atoms with Crippen LogP contribution in [0.1, 0.15) is 28.0 Å². The Labute approximate surface area is 175 Å². The van der Waals surface area contributed by atoms with Gasteiger partial charge in [-0.3, -0.25) is 9.69 Å². The summed E-state index contributed by atoms with van der Waals surface area (Å²) in [6.07, 6.45) is 1.88. The Morgan fingerprint density at radius 3 is 2.83 bits per heavy atom. The van der Waals surface area contributed by atoms with Crippen LogP contribution in [0, 0.1) is 11.8 Å². The lowest BCUT2D eigenvalue weighted by molar-refractivity contribution is 0.0139. The van der Waals surface area contributed by atoms with Gasteiger partial charge in [0.1, 0.15) is 0 Å². The van der Waals surface area contributed by atoms with Crippen LogP contribution in [0.5, 0.6) is 0 Å². The minimum Gasteiger partial charge on any atom is -0.385 e. The van der Waals surface area contributed by atoms with Crippen LogP contribution in [0.2, 0.25) is 0 Å². The monoisotopic (exact) mass is 429 g/mol. The number of nitrogens with zero attached hydrogens (tertiary/aromatic N) is 4. The first kappa shape index (κ1) is 20.3. The first-order valence-corrected chi connectivity index (χ1v) is 11.4. The number of nitrogens with one attached hydrogen (secondary N) is 1. The fourth-order valence-corrected chi connectivity index (χ4v) is 4.59. The molecule has 0 radical (unpaired) electrons. The fraction of sp³-hybridized carbons (Fsp3) is 0.400. The maximum Gasteiger partial charge on any atom is 0.277 e. The minimum atomic E-state index is -3.65. The Bertz CT molecular complexity index is 1190. The number of rotatable bonds is 2. The molecule has 2 aliphatic rings. The predicted octanol–water partition coefficient (Wildman–Crippen LogP) is 0.401. The summed E-state index contributed by atoms with van der Waals surface area (Å²) in [6, 6.07) is 6.01. The Morgan fingerprint density at radius 1 is 1.33 bits per heavy atom. The second-order valence-corrected chi connectivity index (χ2v) is 9.40. The van der Waals surface area contributed by atoms with Crippen LogP contribution in [-0.2, 0) is 23.3 Å². The number of hydrogen-bond acceptors (Lipinski definition) is 7. The van der Waals surface area contributed by atoms with Crippen molar-refractivity contribution in [1.29, 1.82) is 0 Å². The highest BCUT2D eigenvalue weighted by Gasteiger charge is 2.39. The zero-order chi connectivity index (χ0) is 21.6. The van der Waals surface area contributed by atoms with E-state index in [1.807, 2.05) is 12.1 Å². The van der Waals surface area contributed by atoms with Gasteiger partial charge in [0.2, 0.25) is 21.3 Å². The lowest BCUT2D eigenvalue weighted by Crippen LogP contribution is -2.54. The third-order valence-electron chi connectivity index (χ3n) is 5.32. The maximum absolute atomic E-state index is 12.6. The molecule has 1 aromatic carbocycles. The molecule has 0 saturated carbocycles. The largest absolute Gasteiger partial charge is 0.385 e. The van der Waals surface area contributed by atoms with Crippen LogP contribution in [0.25, 0.3) is 0 Å². The van der Waals surface area contributed by atoms with Gasteiger partial charge in [0, 0.05) is 38.1 Å². The van der Waals surface area contributed by atoms with E-state index in [0.717, 1.165) is 41.8 Å². The molecule has 10 heteroatoms. The number of anilines is 2. The van der Waals surface area contributed by atoms with E-state index in [-0.39, 0.29) is 23.2 Å². The molecular formula is C20H23N5O4S. The highest BCUT2D eigenvalue weighted by molar-refractivity contribution is 7.90. The highest BCUT2D eigenvalue weighted by Crippen LogP contribution is 2.30. The van der Waals surface area contributed by atoms with E-state index in [4.69, 9.17) is 0 Å². The molecule has 4 rings (SSSR count). The molecule has 2 N–H and O–H groups in total. The second kappa shape index (κ2) is 7.34. The van der Waals surface area contributed by atoms with E-state index >= 15 is 0 Å². The molecular weight excluding hydrogens is 406 g/mol. The molecule has 1 amide bonds. The van der Waals surface area contributed by atoms with Crippen molar-refractivity contribution in [3.8, 4) is 11.8 Å². The maximum atomic E-state index is 12.6. The van der Waals surface area contributed by atoms with Gasteiger partial charge in [0.05, 0.1) is 6.54 Å². The topological polar surface area (TPSA) is 108 Å². The molecule has 9 nitrogen and oxygen atoms in total. The molecule has 0 spiro atoms. The lowest BCUT2D eigenvalue weighted by atomic mass is 10.0. The number of carbonyl (C=O) groups excluding carboxylic acids is 1. The molecule has 0 aliphatic carbocycles. The van der Waals surface area contributed by atoms with Crippen LogP contribution < -0.4 is 10.2 Å². The van der Waals surface area contributed by atoms with E-state index in [1.54, 1.807) is 0 Å². The van der Waals surface area contributed by atoms with Crippen LogP contribution in [-0.4, -0.2) is 66.6 Å². The number of aliphatic hydroxyl groups excluding tert-OH is 1. The van der Waals surface area contributed by atoms with E-state index in [1.165, 1.54) is 29.1 Å². The van der Waals surface area contributed by atoms with Gasteiger partial charge >= 0.3 is 0 Å². The first-order valence-electron chi connectivity index (χ1n) is 9.53. The fourth-order valence-electron chi connectivity index (χ4n) is 3.75. The van der Waals surface area contributed by atoms with E-state index in [9.17, 15) is 18.3 Å². The number of imidazole rings is 1. The predicted molar refractivity (Wildman–Crippen MR) is 112 cm³/mol. The normalized spacial score (nSPS) is 18.3. The molecule has 2 aromatic rings. The van der Waals surface area contributed by atoms with Crippen LogP contribution in [0.4, 0.5) is 11.5 Å². The number of amides is 1. The summed E-state index contributed by atoms with van der Waals surface area (Å²) >= 11 is 0. The Balaban J connectivity index is 1.66. The summed E-state index contributed by atoms with van der Waals surface area (Å²) in [5, 5.41) is 13.7. The third kappa shape index (κ3) is 3.40. The second-order valence-electron chi connectivity index (χ2n) is 7.49. The summed E-state index contributed by atoms with van der Waals surface area (Å²) in [6.45, 7) is 1.01. The SMILES string of the molecule is CN1C(=O)c2c(nc(S(C)(=O)=O)n2C)N(CC#Cc2ccc3c(c2)NCCC3)C1O. The minimum absolute atomic E-state index is 0.0660. The number of sulfone groups is 1. The van der Waals surface area contributed by atoms with Gasteiger partial charge in [0.25, 0.3) is 5.91 Å². The molecule has 0 saturated heterocycles. The Hall–Kier alpha value is -3.03. The van der Waals surface area contributed by atoms with Gasteiger partial charge in [-0.2, -0.15) is 4.98 Å². The standard InChI is InChI=1S/C20H23N5O4S/c1-23-16-17(22-19(23)30(3,28)29)25(20(27)24(2)18(16)26)11-5-6-13-8-9-14-7-4-10-21-15(14)12-13/h8-9,12,20-21,27H,4,7,10-11H2,1-3H3. The number of aromatic nitrogens is 2. The smallest absolute Gasteiger partial charge is 0.277 e. The average molecular weight is 430 g/mol. The molecule has 158 valence electrons. The van der Waals surface area contributed by atoms with Gasteiger partial charge in [0.15, 0.2) is 11.5 Å². The van der Waals surface area contributed by atoms with Gasteiger partial charge in [-0.15, -0.1) is 0 Å². The number of hydrogen-bond donors (Lipinski definition) is 2. The molecule has 3 heterocycles. The average Bonchev–Trinajstić information content (AvgIpc) is 3.06. The summed E-state index contributed by atoms with van der Waals surface area (Å²) in [5.41, 5.74) is 3.28. The molecule has 0 bridgehead atoms. The number of benzene rings is 1. The summed E-state index contributed by atoms with van der Waals surface area (Å²) in [5.74, 6) is 5.68. The van der Waals surface area contributed by atoms with Crippen molar-refractivity contribution in [3.05, 3.63) is 35.0 Å². The van der Waals surface area contributed by atoms with Crippen LogP contribution in [0.15, 0.2) is 23.4 Å². The molecule has 1 atom stereocenters. The van der Waals surface area contributed by atoms with Crippen molar-refractivity contribution in [1.82, 2.24) is 14.5 Å². The number of aryl methyl sites for hydroxylation is 1. The molecule has 1 unspecified atom stereocenters. The molecule has 0 fully saturated rings. The number of aliphatic hydroxyl groups is 1.